The molecule has 122 valence electrons. The van der Waals surface area contributed by atoms with Crippen molar-refractivity contribution in [3.05, 3.63) is 59.6 Å². The Labute approximate surface area is 144 Å². The summed E-state index contributed by atoms with van der Waals surface area (Å²) < 4.78 is 7.28. The van der Waals surface area contributed by atoms with E-state index in [1.165, 1.54) is 0 Å². The van der Waals surface area contributed by atoms with E-state index in [0.29, 0.717) is 0 Å². The first-order chi connectivity index (χ1) is 11.9. The maximum absolute atomic E-state index is 5.37. The minimum absolute atomic E-state index is 0.735. The molecule has 1 saturated heterocycles. The molecule has 0 N–H and O–H groups in total. The summed E-state index contributed by atoms with van der Waals surface area (Å²) in [7, 11) is 0. The van der Waals surface area contributed by atoms with Gasteiger partial charge in [0.05, 0.1) is 43.1 Å². The second kappa shape index (κ2) is 6.98. The highest BCUT2D eigenvalue weighted by atomic mass is 32.1. The van der Waals surface area contributed by atoms with Crippen LogP contribution in [0.1, 0.15) is 5.56 Å². The summed E-state index contributed by atoms with van der Waals surface area (Å²) in [4.78, 5) is 1.15. The van der Waals surface area contributed by atoms with E-state index in [1.54, 1.807) is 11.3 Å². The minimum Gasteiger partial charge on any atom is -0.378 e. The van der Waals surface area contributed by atoms with Gasteiger partial charge in [-0.05, 0) is 23.6 Å². The fourth-order valence-corrected chi connectivity index (χ4v) is 3.34. The molecule has 1 aliphatic rings. The van der Waals surface area contributed by atoms with Crippen molar-refractivity contribution in [1.29, 1.82) is 0 Å². The van der Waals surface area contributed by atoms with Crippen molar-refractivity contribution in [2.75, 3.05) is 26.3 Å². The summed E-state index contributed by atoms with van der Waals surface area (Å²) in [5.41, 5.74) is 3.03. The van der Waals surface area contributed by atoms with Gasteiger partial charge in [-0.3, -0.25) is 5.01 Å². The average molecular weight is 338 g/mol. The molecule has 24 heavy (non-hydrogen) atoms. The lowest BCUT2D eigenvalue weighted by Gasteiger charge is -2.23. The monoisotopic (exact) mass is 338 g/mol. The lowest BCUT2D eigenvalue weighted by Crippen LogP contribution is -2.32. The predicted molar refractivity (Wildman–Crippen MR) is 96.9 cm³/mol. The Balaban J connectivity index is 1.68. The second-order valence-corrected chi connectivity index (χ2v) is 6.45. The topological polar surface area (TPSA) is 42.6 Å². The number of aromatic nitrogens is 2. The Hall–Kier alpha value is -2.44. The van der Waals surface area contributed by atoms with Gasteiger partial charge >= 0.3 is 0 Å². The molecule has 1 aliphatic heterocycles. The SMILES string of the molecule is C(=N\N1CCOCC1)/c1cn(-c2ccccc2)nc1-c1cccs1. The third kappa shape index (κ3) is 3.25. The van der Waals surface area contributed by atoms with Crippen molar-refractivity contribution >= 4 is 17.6 Å². The smallest absolute Gasteiger partial charge is 0.112 e. The molecule has 5 nitrogen and oxygen atoms in total. The number of hydrazone groups is 1. The Morgan fingerprint density at radius 3 is 2.67 bits per heavy atom. The van der Waals surface area contributed by atoms with Crippen LogP contribution in [-0.4, -0.2) is 47.3 Å². The van der Waals surface area contributed by atoms with E-state index in [-0.39, 0.29) is 0 Å². The molecule has 4 rings (SSSR count). The van der Waals surface area contributed by atoms with E-state index in [9.17, 15) is 0 Å². The molecular weight excluding hydrogens is 320 g/mol. The number of thiophene rings is 1. The Morgan fingerprint density at radius 1 is 1.08 bits per heavy atom. The Morgan fingerprint density at radius 2 is 1.92 bits per heavy atom. The normalized spacial score (nSPS) is 15.2. The van der Waals surface area contributed by atoms with Gasteiger partial charge in [0.15, 0.2) is 0 Å². The van der Waals surface area contributed by atoms with Crippen molar-refractivity contribution in [2.45, 2.75) is 0 Å². The molecule has 0 bridgehead atoms. The Bertz CT molecular complexity index is 805. The van der Waals surface area contributed by atoms with Crippen molar-refractivity contribution in [3.8, 4) is 16.3 Å². The van der Waals surface area contributed by atoms with Gasteiger partial charge in [0.1, 0.15) is 5.69 Å². The van der Waals surface area contributed by atoms with E-state index in [0.717, 1.165) is 48.1 Å². The fourth-order valence-electron chi connectivity index (χ4n) is 2.61. The van der Waals surface area contributed by atoms with Crippen molar-refractivity contribution < 1.29 is 4.74 Å². The van der Waals surface area contributed by atoms with Crippen LogP contribution >= 0.6 is 11.3 Å². The molecule has 6 heteroatoms. The van der Waals surface area contributed by atoms with Gasteiger partial charge < -0.3 is 4.74 Å². The zero-order valence-corrected chi connectivity index (χ0v) is 14.0. The highest BCUT2D eigenvalue weighted by Gasteiger charge is 2.13. The highest BCUT2D eigenvalue weighted by Crippen LogP contribution is 2.27. The summed E-state index contributed by atoms with van der Waals surface area (Å²) in [5, 5.41) is 13.5. The molecule has 3 aromatic rings. The molecule has 0 atom stereocenters. The molecule has 0 spiro atoms. The van der Waals surface area contributed by atoms with Gasteiger partial charge in [-0.2, -0.15) is 10.2 Å². The molecule has 1 fully saturated rings. The molecule has 3 heterocycles. The maximum Gasteiger partial charge on any atom is 0.112 e. The van der Waals surface area contributed by atoms with E-state index in [1.807, 2.05) is 58.5 Å². The van der Waals surface area contributed by atoms with Gasteiger partial charge in [-0.15, -0.1) is 11.3 Å². The lowest BCUT2D eigenvalue weighted by molar-refractivity contribution is 0.0397. The molecule has 0 unspecified atom stereocenters. The van der Waals surface area contributed by atoms with E-state index in [2.05, 4.69) is 16.5 Å². The number of nitrogens with zero attached hydrogens (tertiary/aromatic N) is 4. The number of para-hydroxylation sites is 1. The zero-order chi connectivity index (χ0) is 16.2. The third-order valence-electron chi connectivity index (χ3n) is 3.87. The summed E-state index contributed by atoms with van der Waals surface area (Å²) in [6.45, 7) is 3.13. The molecule has 0 radical (unpaired) electrons. The minimum atomic E-state index is 0.735. The number of benzene rings is 1. The summed E-state index contributed by atoms with van der Waals surface area (Å²) in [6, 6.07) is 14.3. The molecule has 2 aromatic heterocycles. The van der Waals surface area contributed by atoms with Gasteiger partial charge in [0, 0.05) is 11.8 Å². The van der Waals surface area contributed by atoms with E-state index in [4.69, 9.17) is 9.84 Å². The molecule has 0 amide bonds. The number of hydrogen-bond acceptors (Lipinski definition) is 5. The van der Waals surface area contributed by atoms with Crippen molar-refractivity contribution in [1.82, 2.24) is 14.8 Å². The van der Waals surface area contributed by atoms with Crippen LogP contribution in [0.2, 0.25) is 0 Å². The lowest BCUT2D eigenvalue weighted by atomic mass is 10.2. The molecule has 0 saturated carbocycles. The standard InChI is InChI=1S/C18H18N4OS/c1-2-5-16(6-3-1)22-14-15(13-19-21-8-10-23-11-9-21)18(20-22)17-7-4-12-24-17/h1-7,12-14H,8-11H2/b19-13+. The van der Waals surface area contributed by atoms with Crippen LogP contribution in [0.25, 0.3) is 16.3 Å². The highest BCUT2D eigenvalue weighted by molar-refractivity contribution is 7.13. The molecular formula is C18H18N4OS. The van der Waals surface area contributed by atoms with Gasteiger partial charge in [0.25, 0.3) is 0 Å². The second-order valence-electron chi connectivity index (χ2n) is 5.50. The number of ether oxygens (including phenoxy) is 1. The van der Waals surface area contributed by atoms with Crippen LogP contribution in [0.15, 0.2) is 59.1 Å². The fraction of sp³-hybridized carbons (Fsp3) is 0.222. The predicted octanol–water partition coefficient (Wildman–Crippen LogP) is 3.27. The largest absolute Gasteiger partial charge is 0.378 e. The van der Waals surface area contributed by atoms with Crippen LogP contribution in [0.5, 0.6) is 0 Å². The van der Waals surface area contributed by atoms with Gasteiger partial charge in [-0.1, -0.05) is 24.3 Å². The van der Waals surface area contributed by atoms with Crippen molar-refractivity contribution in [3.63, 3.8) is 0 Å². The van der Waals surface area contributed by atoms with Crippen LogP contribution < -0.4 is 0 Å². The first-order valence-corrected chi connectivity index (χ1v) is 8.84. The third-order valence-corrected chi connectivity index (χ3v) is 4.74. The van der Waals surface area contributed by atoms with Gasteiger partial charge in [-0.25, -0.2) is 4.68 Å². The van der Waals surface area contributed by atoms with E-state index >= 15 is 0 Å². The number of hydrogen-bond donors (Lipinski definition) is 0. The first-order valence-electron chi connectivity index (χ1n) is 7.96. The summed E-state index contributed by atoms with van der Waals surface area (Å²) in [5.74, 6) is 0. The Kier molecular flexibility index (Phi) is 4.40. The van der Waals surface area contributed by atoms with Crippen LogP contribution in [-0.2, 0) is 4.74 Å². The quantitative estimate of drug-likeness (QED) is 0.686. The van der Waals surface area contributed by atoms with Crippen LogP contribution in [0.3, 0.4) is 0 Å². The summed E-state index contributed by atoms with van der Waals surface area (Å²) >= 11 is 1.69. The average Bonchev–Trinajstić information content (AvgIpc) is 3.31. The van der Waals surface area contributed by atoms with E-state index < -0.39 is 0 Å². The van der Waals surface area contributed by atoms with Crippen LogP contribution in [0.4, 0.5) is 0 Å². The maximum atomic E-state index is 5.37. The summed E-state index contributed by atoms with van der Waals surface area (Å²) in [6.07, 6.45) is 3.95. The van der Waals surface area contributed by atoms with Crippen molar-refractivity contribution in [2.24, 2.45) is 5.10 Å². The van der Waals surface area contributed by atoms with Gasteiger partial charge in [0.2, 0.25) is 0 Å². The van der Waals surface area contributed by atoms with Crippen LogP contribution in [0, 0.1) is 0 Å². The first kappa shape index (κ1) is 15.1. The zero-order valence-electron chi connectivity index (χ0n) is 13.2. The number of morpholine rings is 1. The molecule has 1 aromatic carbocycles. The molecule has 0 aliphatic carbocycles. The number of rotatable bonds is 4.